The third kappa shape index (κ3) is 8.39. The number of carbonyl (C=O) groups is 2. The highest BCUT2D eigenvalue weighted by Gasteiger charge is 2.17. The zero-order chi connectivity index (χ0) is 14.1. The fourth-order valence-electron chi connectivity index (χ4n) is 1.16. The SMILES string of the molecule is CC(=O)C[C@@H](NC(C)=O)C(=S)NCCO[N+](=O)[O-]. The predicted octanol–water partition coefficient (Wildman–Crippen LogP) is -0.404. The Balaban J connectivity index is 4.16. The molecular weight excluding hydrogens is 262 g/mol. The Labute approximate surface area is 109 Å². The molecule has 0 aromatic heterocycles. The van der Waals surface area contributed by atoms with Gasteiger partial charge in [0.1, 0.15) is 12.4 Å². The number of hydrogen-bond acceptors (Lipinski definition) is 6. The van der Waals surface area contributed by atoms with Crippen molar-refractivity contribution in [1.29, 1.82) is 0 Å². The van der Waals surface area contributed by atoms with Crippen LogP contribution in [0.25, 0.3) is 0 Å². The van der Waals surface area contributed by atoms with Crippen molar-refractivity contribution in [2.24, 2.45) is 0 Å². The van der Waals surface area contributed by atoms with Crippen LogP contribution in [0.5, 0.6) is 0 Å². The van der Waals surface area contributed by atoms with Crippen LogP contribution < -0.4 is 10.6 Å². The topological polar surface area (TPSA) is 111 Å². The van der Waals surface area contributed by atoms with E-state index >= 15 is 0 Å². The predicted molar refractivity (Wildman–Crippen MR) is 66.4 cm³/mol. The number of rotatable bonds is 8. The molecule has 8 nitrogen and oxygen atoms in total. The molecule has 102 valence electrons. The highest BCUT2D eigenvalue weighted by molar-refractivity contribution is 7.80. The first kappa shape index (κ1) is 16.2. The Morgan fingerprint density at radius 3 is 2.50 bits per heavy atom. The number of nitrogens with zero attached hydrogens (tertiary/aromatic N) is 1. The summed E-state index contributed by atoms with van der Waals surface area (Å²) in [6.07, 6.45) is 0.0709. The van der Waals surface area contributed by atoms with E-state index < -0.39 is 11.1 Å². The van der Waals surface area contributed by atoms with Crippen LogP contribution in [0, 0.1) is 10.1 Å². The van der Waals surface area contributed by atoms with Gasteiger partial charge in [0.2, 0.25) is 5.91 Å². The van der Waals surface area contributed by atoms with Crippen molar-refractivity contribution in [3.63, 3.8) is 0 Å². The largest absolute Gasteiger partial charge is 0.376 e. The number of Topliss-reactive ketones (excluding diaryl/α,β-unsaturated/α-hetero) is 1. The fourth-order valence-corrected chi connectivity index (χ4v) is 1.40. The number of thiocarbonyl (C=S) groups is 1. The van der Waals surface area contributed by atoms with E-state index in [1.807, 2.05) is 0 Å². The Bertz CT molecular complexity index is 331. The summed E-state index contributed by atoms with van der Waals surface area (Å²) in [5, 5.41) is 14.2. The summed E-state index contributed by atoms with van der Waals surface area (Å²) in [6, 6.07) is -0.606. The molecule has 0 heterocycles. The molecule has 0 aromatic rings. The van der Waals surface area contributed by atoms with Crippen molar-refractivity contribution >= 4 is 28.9 Å². The van der Waals surface area contributed by atoms with Crippen molar-refractivity contribution in [1.82, 2.24) is 10.6 Å². The van der Waals surface area contributed by atoms with Gasteiger partial charge in [-0.2, -0.15) is 0 Å². The van der Waals surface area contributed by atoms with Crippen molar-refractivity contribution < 1.29 is 19.5 Å². The number of amides is 1. The van der Waals surface area contributed by atoms with Crippen LogP contribution in [0.4, 0.5) is 0 Å². The maximum absolute atomic E-state index is 11.0. The van der Waals surface area contributed by atoms with Gasteiger partial charge in [0, 0.05) is 19.9 Å². The number of ketones is 1. The standard InChI is InChI=1S/C9H15N3O5S/c1-6(13)5-8(11-7(2)14)9(18)10-3-4-17-12(15)16/h8H,3-5H2,1-2H3,(H,10,18)(H,11,14)/t8-/m1/s1. The summed E-state index contributed by atoms with van der Waals surface area (Å²) < 4.78 is 0. The minimum atomic E-state index is -0.911. The first-order chi connectivity index (χ1) is 8.32. The van der Waals surface area contributed by atoms with Gasteiger partial charge in [-0.1, -0.05) is 12.2 Å². The van der Waals surface area contributed by atoms with Gasteiger partial charge in [-0.15, -0.1) is 10.1 Å². The van der Waals surface area contributed by atoms with E-state index in [2.05, 4.69) is 15.5 Å². The molecule has 0 fully saturated rings. The van der Waals surface area contributed by atoms with Gasteiger partial charge < -0.3 is 15.5 Å². The molecule has 2 N–H and O–H groups in total. The van der Waals surface area contributed by atoms with E-state index in [1.165, 1.54) is 13.8 Å². The number of nitrogens with one attached hydrogen (secondary N) is 2. The molecule has 0 saturated carbocycles. The average molecular weight is 277 g/mol. The van der Waals surface area contributed by atoms with E-state index in [0.29, 0.717) is 0 Å². The molecule has 0 rings (SSSR count). The molecule has 0 aliphatic rings. The van der Waals surface area contributed by atoms with Gasteiger partial charge in [0.25, 0.3) is 5.09 Å². The normalized spacial score (nSPS) is 11.2. The summed E-state index contributed by atoms with van der Waals surface area (Å²) in [7, 11) is 0. The Morgan fingerprint density at radius 2 is 2.06 bits per heavy atom. The van der Waals surface area contributed by atoms with E-state index in [0.717, 1.165) is 0 Å². The molecule has 0 bridgehead atoms. The summed E-state index contributed by atoms with van der Waals surface area (Å²) in [6.45, 7) is 2.65. The zero-order valence-electron chi connectivity index (χ0n) is 10.1. The minimum absolute atomic E-state index is 0.0709. The second-order valence-corrected chi connectivity index (χ2v) is 3.95. The van der Waals surface area contributed by atoms with E-state index in [-0.39, 0.29) is 36.3 Å². The smallest absolute Gasteiger partial charge is 0.294 e. The van der Waals surface area contributed by atoms with E-state index in [9.17, 15) is 19.7 Å². The molecule has 0 spiro atoms. The first-order valence-electron chi connectivity index (χ1n) is 5.14. The van der Waals surface area contributed by atoms with Gasteiger partial charge in [-0.05, 0) is 6.92 Å². The van der Waals surface area contributed by atoms with Crippen LogP contribution in [0.3, 0.4) is 0 Å². The Morgan fingerprint density at radius 1 is 1.44 bits per heavy atom. The third-order valence-electron chi connectivity index (χ3n) is 1.78. The highest BCUT2D eigenvalue weighted by Crippen LogP contribution is 1.96. The molecule has 0 aromatic carbocycles. The summed E-state index contributed by atoms with van der Waals surface area (Å²) in [5.74, 6) is -0.439. The Hall–Kier alpha value is -1.77. The summed E-state index contributed by atoms with van der Waals surface area (Å²) in [5.41, 5.74) is 0. The molecule has 0 aliphatic heterocycles. The Kier molecular flexibility index (Phi) is 7.52. The molecular formula is C9H15N3O5S. The van der Waals surface area contributed by atoms with Gasteiger partial charge in [-0.3, -0.25) is 9.59 Å². The molecule has 0 unspecified atom stereocenters. The number of hydrogen-bond donors (Lipinski definition) is 2. The van der Waals surface area contributed by atoms with Crippen molar-refractivity contribution in [3.05, 3.63) is 10.1 Å². The quantitative estimate of drug-likeness (QED) is 0.269. The lowest BCUT2D eigenvalue weighted by Gasteiger charge is -2.18. The van der Waals surface area contributed by atoms with Crippen LogP contribution in [0.1, 0.15) is 20.3 Å². The zero-order valence-corrected chi connectivity index (χ0v) is 10.9. The molecule has 0 aliphatic carbocycles. The van der Waals surface area contributed by atoms with Crippen molar-refractivity contribution in [2.45, 2.75) is 26.3 Å². The van der Waals surface area contributed by atoms with Gasteiger partial charge in [0.05, 0.1) is 11.0 Å². The molecule has 18 heavy (non-hydrogen) atoms. The first-order valence-corrected chi connectivity index (χ1v) is 5.55. The lowest BCUT2D eigenvalue weighted by molar-refractivity contribution is -0.757. The second kappa shape index (κ2) is 8.34. The fraction of sp³-hybridized carbons (Fsp3) is 0.667. The summed E-state index contributed by atoms with van der Waals surface area (Å²) in [4.78, 5) is 36.2. The molecule has 0 saturated heterocycles. The molecule has 1 atom stereocenters. The van der Waals surface area contributed by atoms with Crippen molar-refractivity contribution in [2.75, 3.05) is 13.2 Å². The van der Waals surface area contributed by atoms with Gasteiger partial charge in [-0.25, -0.2) is 0 Å². The second-order valence-electron chi connectivity index (χ2n) is 3.51. The number of carbonyl (C=O) groups excluding carboxylic acids is 2. The third-order valence-corrected chi connectivity index (χ3v) is 2.21. The van der Waals surface area contributed by atoms with Crippen LogP contribution in [-0.2, 0) is 14.4 Å². The molecule has 1 amide bonds. The van der Waals surface area contributed by atoms with E-state index in [1.54, 1.807) is 0 Å². The van der Waals surface area contributed by atoms with Crippen LogP contribution >= 0.6 is 12.2 Å². The minimum Gasteiger partial charge on any atom is -0.376 e. The maximum atomic E-state index is 11.0. The summed E-state index contributed by atoms with van der Waals surface area (Å²) >= 11 is 4.99. The molecule has 9 heteroatoms. The van der Waals surface area contributed by atoms with Crippen molar-refractivity contribution in [3.8, 4) is 0 Å². The monoisotopic (exact) mass is 277 g/mol. The van der Waals surface area contributed by atoms with Crippen LogP contribution in [0.15, 0.2) is 0 Å². The highest BCUT2D eigenvalue weighted by atomic mass is 32.1. The molecule has 0 radical (unpaired) electrons. The van der Waals surface area contributed by atoms with E-state index in [4.69, 9.17) is 12.2 Å². The average Bonchev–Trinajstić information content (AvgIpc) is 2.21. The lowest BCUT2D eigenvalue weighted by Crippen LogP contribution is -2.46. The van der Waals surface area contributed by atoms with Crippen LogP contribution in [-0.4, -0.2) is 41.0 Å². The lowest BCUT2D eigenvalue weighted by atomic mass is 10.1. The van der Waals surface area contributed by atoms with Crippen LogP contribution in [0.2, 0.25) is 0 Å². The van der Waals surface area contributed by atoms with Gasteiger partial charge >= 0.3 is 0 Å². The maximum Gasteiger partial charge on any atom is 0.294 e. The van der Waals surface area contributed by atoms with Gasteiger partial charge in [0.15, 0.2) is 0 Å².